The van der Waals surface area contributed by atoms with Crippen LogP contribution < -0.4 is 5.32 Å². The van der Waals surface area contributed by atoms with Crippen LogP contribution in [0, 0.1) is 20.2 Å². The van der Waals surface area contributed by atoms with Crippen molar-refractivity contribution in [3.63, 3.8) is 0 Å². The summed E-state index contributed by atoms with van der Waals surface area (Å²) in [6.45, 7) is 0. The van der Waals surface area contributed by atoms with Crippen LogP contribution in [-0.2, 0) is 11.0 Å². The lowest BCUT2D eigenvalue weighted by molar-refractivity contribution is -0.384. The highest BCUT2D eigenvalue weighted by Gasteiger charge is 2.33. The largest absolute Gasteiger partial charge is 0.416 e. The minimum Gasteiger partial charge on any atom is -0.320 e. The predicted octanol–water partition coefficient (Wildman–Crippen LogP) is 4.86. The average molecular weight is 458 g/mol. The molecule has 0 aliphatic rings. The first-order chi connectivity index (χ1) is 14.0. The number of fused-ring (bicyclic) bond motifs is 1. The Morgan fingerprint density at radius 2 is 1.87 bits per heavy atom. The first-order valence-electron chi connectivity index (χ1n) is 7.88. The molecule has 1 heterocycles. The molecule has 0 bridgehead atoms. The number of anilines is 1. The topological polar surface area (TPSA) is 128 Å². The molecule has 3 rings (SSSR count). The third-order valence-electron chi connectivity index (χ3n) is 3.69. The van der Waals surface area contributed by atoms with E-state index in [0.717, 1.165) is 29.2 Å². The number of rotatable bonds is 6. The van der Waals surface area contributed by atoms with Crippen LogP contribution in [0.4, 0.5) is 30.2 Å². The van der Waals surface area contributed by atoms with Crippen LogP contribution in [0.2, 0.25) is 0 Å². The molecule has 0 saturated carbocycles. The van der Waals surface area contributed by atoms with Crippen LogP contribution in [0.5, 0.6) is 0 Å². The van der Waals surface area contributed by atoms with Crippen molar-refractivity contribution in [2.45, 2.75) is 10.5 Å². The molecule has 30 heavy (non-hydrogen) atoms. The number of nitrogens with one attached hydrogen (secondary N) is 1. The van der Waals surface area contributed by atoms with Gasteiger partial charge < -0.3 is 5.32 Å². The van der Waals surface area contributed by atoms with Gasteiger partial charge in [0.15, 0.2) is 4.34 Å². The zero-order valence-electron chi connectivity index (χ0n) is 14.5. The van der Waals surface area contributed by atoms with E-state index in [9.17, 15) is 38.2 Å². The zero-order valence-corrected chi connectivity index (χ0v) is 16.1. The number of nitrogens with zero attached hydrogens (tertiary/aromatic N) is 3. The fourth-order valence-corrected chi connectivity index (χ4v) is 4.25. The van der Waals surface area contributed by atoms with E-state index in [1.165, 1.54) is 18.2 Å². The average Bonchev–Trinajstić information content (AvgIpc) is 3.07. The fourth-order valence-electron chi connectivity index (χ4n) is 2.35. The van der Waals surface area contributed by atoms with Crippen molar-refractivity contribution < 1.29 is 27.8 Å². The van der Waals surface area contributed by atoms with E-state index in [4.69, 9.17) is 0 Å². The number of carbonyl (C=O) groups excluding carboxylic acids is 1. The maximum Gasteiger partial charge on any atom is 0.416 e. The summed E-state index contributed by atoms with van der Waals surface area (Å²) in [6, 6.07) is 5.93. The molecule has 0 aliphatic carbocycles. The second-order valence-electron chi connectivity index (χ2n) is 5.71. The highest BCUT2D eigenvalue weighted by atomic mass is 32.2. The van der Waals surface area contributed by atoms with Crippen molar-refractivity contribution in [1.82, 2.24) is 4.98 Å². The molecule has 0 fully saturated rings. The molecule has 9 nitrogen and oxygen atoms in total. The van der Waals surface area contributed by atoms with Crippen molar-refractivity contribution in [2.24, 2.45) is 0 Å². The third kappa shape index (κ3) is 4.83. The lowest BCUT2D eigenvalue weighted by Crippen LogP contribution is -2.16. The zero-order chi connectivity index (χ0) is 22.1. The number of alkyl halides is 3. The van der Waals surface area contributed by atoms with Gasteiger partial charge in [-0.1, -0.05) is 11.8 Å². The van der Waals surface area contributed by atoms with Gasteiger partial charge in [-0.15, -0.1) is 11.3 Å². The number of hydrogen-bond acceptors (Lipinski definition) is 8. The Balaban J connectivity index is 1.71. The Labute approximate surface area is 173 Å². The number of hydrogen-bond donors (Lipinski definition) is 1. The normalized spacial score (nSPS) is 11.4. The van der Waals surface area contributed by atoms with Crippen molar-refractivity contribution in [3.05, 3.63) is 62.2 Å². The van der Waals surface area contributed by atoms with Crippen LogP contribution in [-0.4, -0.2) is 26.5 Å². The maximum absolute atomic E-state index is 12.7. The smallest absolute Gasteiger partial charge is 0.320 e. The van der Waals surface area contributed by atoms with Gasteiger partial charge in [0.05, 0.1) is 31.4 Å². The summed E-state index contributed by atoms with van der Waals surface area (Å²) in [6.07, 6.45) is -4.76. The minimum absolute atomic E-state index is 0.102. The number of thiazole rings is 1. The van der Waals surface area contributed by atoms with Crippen molar-refractivity contribution >= 4 is 56.3 Å². The number of nitro benzene ring substituents is 2. The van der Waals surface area contributed by atoms with Crippen molar-refractivity contribution in [3.8, 4) is 0 Å². The molecule has 0 saturated heterocycles. The van der Waals surface area contributed by atoms with Crippen LogP contribution in [0.1, 0.15) is 5.56 Å². The van der Waals surface area contributed by atoms with Gasteiger partial charge in [-0.2, -0.15) is 13.2 Å². The monoisotopic (exact) mass is 458 g/mol. The molecule has 3 aromatic rings. The van der Waals surface area contributed by atoms with E-state index in [0.29, 0.717) is 26.7 Å². The standard InChI is InChI=1S/C16H9F3N4O5S2/c17-16(18,19)8-1-3-10(12(5-8)23(27)28)20-14(24)7-29-15-21-11-4-2-9(22(25)26)6-13(11)30-15/h1-6H,7H2,(H,20,24). The lowest BCUT2D eigenvalue weighted by atomic mass is 10.1. The van der Waals surface area contributed by atoms with Gasteiger partial charge in [0.2, 0.25) is 5.91 Å². The molecule has 0 unspecified atom stereocenters. The third-order valence-corrected chi connectivity index (χ3v) is 5.85. The number of halogens is 3. The molecule has 156 valence electrons. The van der Waals surface area contributed by atoms with Gasteiger partial charge in [-0.05, 0) is 18.2 Å². The Morgan fingerprint density at radius 3 is 2.50 bits per heavy atom. The van der Waals surface area contributed by atoms with E-state index >= 15 is 0 Å². The Kier molecular flexibility index (Phi) is 5.89. The first-order valence-corrected chi connectivity index (χ1v) is 9.68. The van der Waals surface area contributed by atoms with Gasteiger partial charge in [-0.25, -0.2) is 4.98 Å². The molecule has 0 radical (unpaired) electrons. The Bertz CT molecular complexity index is 1170. The van der Waals surface area contributed by atoms with Crippen LogP contribution >= 0.6 is 23.1 Å². The SMILES string of the molecule is O=C(CSc1nc2ccc([N+](=O)[O-])cc2s1)Nc1ccc(C(F)(F)F)cc1[N+](=O)[O-]. The van der Waals surface area contributed by atoms with Crippen molar-refractivity contribution in [2.75, 3.05) is 11.1 Å². The molecular weight excluding hydrogens is 449 g/mol. The van der Waals surface area contributed by atoms with E-state index in [2.05, 4.69) is 10.3 Å². The summed E-state index contributed by atoms with van der Waals surface area (Å²) < 4.78 is 39.2. The number of carbonyl (C=O) groups is 1. The number of benzene rings is 2. The quantitative estimate of drug-likeness (QED) is 0.317. The molecule has 0 spiro atoms. The summed E-state index contributed by atoms with van der Waals surface area (Å²) in [5.41, 5.74) is -2.04. The number of nitro groups is 2. The predicted molar refractivity (Wildman–Crippen MR) is 104 cm³/mol. The minimum atomic E-state index is -4.76. The van der Waals surface area contributed by atoms with Crippen LogP contribution in [0.3, 0.4) is 0 Å². The molecule has 1 aromatic heterocycles. The Hall–Kier alpha value is -3.26. The van der Waals surface area contributed by atoms with Gasteiger partial charge in [0.25, 0.3) is 11.4 Å². The highest BCUT2D eigenvalue weighted by molar-refractivity contribution is 8.01. The number of thioether (sulfide) groups is 1. The molecule has 0 atom stereocenters. The summed E-state index contributed by atoms with van der Waals surface area (Å²) >= 11 is 2.11. The Morgan fingerprint density at radius 1 is 1.13 bits per heavy atom. The van der Waals surface area contributed by atoms with Gasteiger partial charge in [0, 0.05) is 18.2 Å². The molecule has 1 N–H and O–H groups in total. The van der Waals surface area contributed by atoms with Gasteiger partial charge >= 0.3 is 6.18 Å². The molecule has 1 amide bonds. The molecule has 2 aromatic carbocycles. The summed E-state index contributed by atoms with van der Waals surface area (Å²) in [5, 5.41) is 24.1. The lowest BCUT2D eigenvalue weighted by Gasteiger charge is -2.09. The number of aromatic nitrogens is 1. The van der Waals surface area contributed by atoms with Crippen LogP contribution in [0.15, 0.2) is 40.7 Å². The van der Waals surface area contributed by atoms with Crippen LogP contribution in [0.25, 0.3) is 10.2 Å². The fraction of sp³-hybridized carbons (Fsp3) is 0.125. The maximum atomic E-state index is 12.7. The van der Waals surface area contributed by atoms with E-state index in [-0.39, 0.29) is 17.1 Å². The number of amides is 1. The summed E-state index contributed by atoms with van der Waals surface area (Å²) in [5.74, 6) is -0.909. The molecule has 14 heteroatoms. The second kappa shape index (κ2) is 8.23. The summed E-state index contributed by atoms with van der Waals surface area (Å²) in [7, 11) is 0. The van der Waals surface area contributed by atoms with Gasteiger partial charge in [0.1, 0.15) is 5.69 Å². The molecule has 0 aliphatic heterocycles. The molecular formula is C16H9F3N4O5S2. The first kappa shape index (κ1) is 21.4. The second-order valence-corrected chi connectivity index (χ2v) is 7.97. The van der Waals surface area contributed by atoms with E-state index < -0.39 is 33.2 Å². The van der Waals surface area contributed by atoms with E-state index in [1.807, 2.05) is 0 Å². The highest BCUT2D eigenvalue weighted by Crippen LogP contribution is 2.35. The summed E-state index contributed by atoms with van der Waals surface area (Å²) in [4.78, 5) is 36.6. The van der Waals surface area contributed by atoms with Gasteiger partial charge in [-0.3, -0.25) is 25.0 Å². The number of non-ortho nitro benzene ring substituents is 1. The van der Waals surface area contributed by atoms with Crippen molar-refractivity contribution in [1.29, 1.82) is 0 Å². The van der Waals surface area contributed by atoms with E-state index in [1.54, 1.807) is 0 Å².